The molecule has 28 heavy (non-hydrogen) atoms. The van der Waals surface area contributed by atoms with Gasteiger partial charge in [0.25, 0.3) is 5.91 Å². The predicted molar refractivity (Wildman–Crippen MR) is 112 cm³/mol. The Labute approximate surface area is 168 Å². The van der Waals surface area contributed by atoms with E-state index in [1.807, 2.05) is 17.2 Å². The SMILES string of the molecule is CC1(C)CCCC(C)(C)N1ONC(=O)/C=C/c1ccc(N2CCOCC2)cc1. The molecule has 1 aromatic rings. The van der Waals surface area contributed by atoms with Crippen LogP contribution in [-0.4, -0.2) is 48.4 Å². The molecule has 2 saturated heterocycles. The number of anilines is 1. The average Bonchev–Trinajstić information content (AvgIpc) is 2.66. The van der Waals surface area contributed by atoms with Crippen LogP contribution < -0.4 is 10.4 Å². The number of rotatable bonds is 5. The number of hydrogen-bond acceptors (Lipinski definition) is 5. The van der Waals surface area contributed by atoms with Crippen molar-refractivity contribution in [3.8, 4) is 0 Å². The maximum Gasteiger partial charge on any atom is 0.269 e. The van der Waals surface area contributed by atoms with Gasteiger partial charge in [0.1, 0.15) is 0 Å². The fraction of sp³-hybridized carbons (Fsp3) is 0.591. The van der Waals surface area contributed by atoms with Crippen LogP contribution in [0.3, 0.4) is 0 Å². The molecule has 2 fully saturated rings. The second kappa shape index (κ2) is 8.64. The molecule has 0 saturated carbocycles. The quantitative estimate of drug-likeness (QED) is 0.619. The minimum atomic E-state index is -0.269. The van der Waals surface area contributed by atoms with Crippen LogP contribution in [-0.2, 0) is 14.5 Å². The Hall–Kier alpha value is -1.89. The van der Waals surface area contributed by atoms with Crippen molar-refractivity contribution in [3.63, 3.8) is 0 Å². The zero-order valence-corrected chi connectivity index (χ0v) is 17.5. The first-order valence-corrected chi connectivity index (χ1v) is 10.2. The molecular formula is C22H33N3O3. The molecule has 0 spiro atoms. The summed E-state index contributed by atoms with van der Waals surface area (Å²) in [5, 5.41) is 1.92. The van der Waals surface area contributed by atoms with Gasteiger partial charge < -0.3 is 9.64 Å². The van der Waals surface area contributed by atoms with Crippen molar-refractivity contribution in [2.45, 2.75) is 58.0 Å². The highest BCUT2D eigenvalue weighted by atomic mass is 16.8. The van der Waals surface area contributed by atoms with Gasteiger partial charge in [-0.1, -0.05) is 12.1 Å². The molecule has 0 aliphatic carbocycles. The van der Waals surface area contributed by atoms with Crippen LogP contribution in [0.15, 0.2) is 30.3 Å². The molecule has 1 N–H and O–H groups in total. The molecular weight excluding hydrogens is 354 g/mol. The molecule has 6 heteroatoms. The molecule has 2 aliphatic heterocycles. The summed E-state index contributed by atoms with van der Waals surface area (Å²) in [6.45, 7) is 11.9. The molecule has 1 aromatic carbocycles. The monoisotopic (exact) mass is 387 g/mol. The van der Waals surface area contributed by atoms with Crippen LogP contribution in [0.1, 0.15) is 52.5 Å². The van der Waals surface area contributed by atoms with Crippen molar-refractivity contribution in [3.05, 3.63) is 35.9 Å². The van der Waals surface area contributed by atoms with Crippen LogP contribution in [0.2, 0.25) is 0 Å². The van der Waals surface area contributed by atoms with E-state index in [1.54, 1.807) is 6.08 Å². The van der Waals surface area contributed by atoms with Gasteiger partial charge in [-0.2, -0.15) is 10.0 Å². The van der Waals surface area contributed by atoms with Gasteiger partial charge in [0.2, 0.25) is 0 Å². The van der Waals surface area contributed by atoms with Gasteiger partial charge in [0.15, 0.2) is 0 Å². The normalized spacial score (nSPS) is 22.4. The highest BCUT2D eigenvalue weighted by Crippen LogP contribution is 2.37. The number of carbonyl (C=O) groups is 1. The van der Waals surface area contributed by atoms with Gasteiger partial charge in [-0.3, -0.25) is 4.79 Å². The molecule has 0 unspecified atom stereocenters. The number of piperidine rings is 1. The summed E-state index contributed by atoms with van der Waals surface area (Å²) in [5.74, 6) is -0.269. The van der Waals surface area contributed by atoms with Gasteiger partial charge in [-0.05, 0) is 70.7 Å². The van der Waals surface area contributed by atoms with Crippen LogP contribution in [0.25, 0.3) is 6.08 Å². The maximum absolute atomic E-state index is 12.2. The lowest BCUT2D eigenvalue weighted by atomic mass is 9.82. The third kappa shape index (κ3) is 5.13. The highest BCUT2D eigenvalue weighted by molar-refractivity contribution is 5.91. The molecule has 2 heterocycles. The van der Waals surface area contributed by atoms with E-state index in [-0.39, 0.29) is 17.0 Å². The van der Waals surface area contributed by atoms with Crippen molar-refractivity contribution >= 4 is 17.7 Å². The minimum absolute atomic E-state index is 0.117. The Bertz CT molecular complexity index is 675. The summed E-state index contributed by atoms with van der Waals surface area (Å²) in [7, 11) is 0. The van der Waals surface area contributed by atoms with E-state index in [1.165, 1.54) is 11.8 Å². The van der Waals surface area contributed by atoms with Gasteiger partial charge in [-0.25, -0.2) is 5.48 Å². The van der Waals surface area contributed by atoms with Crippen molar-refractivity contribution in [1.29, 1.82) is 0 Å². The number of amides is 1. The Morgan fingerprint density at radius 3 is 2.29 bits per heavy atom. The van der Waals surface area contributed by atoms with Gasteiger partial charge >= 0.3 is 0 Å². The number of carbonyl (C=O) groups excluding carboxylic acids is 1. The van der Waals surface area contributed by atoms with Gasteiger partial charge in [0, 0.05) is 35.9 Å². The average molecular weight is 388 g/mol. The van der Waals surface area contributed by atoms with E-state index < -0.39 is 0 Å². The Morgan fingerprint density at radius 2 is 1.68 bits per heavy atom. The summed E-state index contributed by atoms with van der Waals surface area (Å²) in [5.41, 5.74) is 4.50. The number of ether oxygens (including phenoxy) is 1. The maximum atomic E-state index is 12.2. The molecule has 0 atom stereocenters. The molecule has 154 valence electrons. The lowest BCUT2D eigenvalue weighted by Crippen LogP contribution is -2.60. The van der Waals surface area contributed by atoms with Crippen molar-refractivity contribution in [1.82, 2.24) is 10.5 Å². The third-order valence-corrected chi connectivity index (χ3v) is 5.61. The molecule has 0 bridgehead atoms. The smallest absolute Gasteiger partial charge is 0.269 e. The first-order chi connectivity index (χ1) is 13.3. The number of hydrogen-bond donors (Lipinski definition) is 1. The summed E-state index contributed by atoms with van der Waals surface area (Å²) in [4.78, 5) is 20.3. The summed E-state index contributed by atoms with van der Waals surface area (Å²) < 4.78 is 5.39. The van der Waals surface area contributed by atoms with E-state index in [2.05, 4.69) is 50.2 Å². The van der Waals surface area contributed by atoms with Crippen LogP contribution in [0, 0.1) is 0 Å². The molecule has 0 aromatic heterocycles. The molecule has 6 nitrogen and oxygen atoms in total. The van der Waals surface area contributed by atoms with Crippen molar-refractivity contribution in [2.75, 3.05) is 31.2 Å². The topological polar surface area (TPSA) is 54.0 Å². The van der Waals surface area contributed by atoms with E-state index in [4.69, 9.17) is 9.68 Å². The largest absolute Gasteiger partial charge is 0.378 e. The highest BCUT2D eigenvalue weighted by Gasteiger charge is 2.43. The number of morpholine rings is 1. The zero-order chi connectivity index (χ0) is 20.2. The van der Waals surface area contributed by atoms with E-state index >= 15 is 0 Å². The fourth-order valence-electron chi connectivity index (χ4n) is 4.14. The lowest BCUT2D eigenvalue weighted by molar-refractivity contribution is -0.307. The minimum Gasteiger partial charge on any atom is -0.378 e. The molecule has 1 amide bonds. The van der Waals surface area contributed by atoms with E-state index in [0.29, 0.717) is 0 Å². The standard InChI is InChI=1S/C22H33N3O3/c1-21(2)12-5-13-22(3,4)25(21)28-23-20(26)11-8-18-6-9-19(10-7-18)24-14-16-27-17-15-24/h6-11H,5,12-17H2,1-4H3,(H,23,26)/b11-8+. The van der Waals surface area contributed by atoms with Crippen LogP contribution in [0.5, 0.6) is 0 Å². The Kier molecular flexibility index (Phi) is 6.43. The first kappa shape index (κ1) is 20.8. The Balaban J connectivity index is 1.53. The lowest BCUT2D eigenvalue weighted by Gasteiger charge is -2.50. The summed E-state index contributed by atoms with van der Waals surface area (Å²) >= 11 is 0. The zero-order valence-electron chi connectivity index (χ0n) is 17.5. The number of benzene rings is 1. The second-order valence-corrected chi connectivity index (χ2v) is 8.85. The Morgan fingerprint density at radius 1 is 1.07 bits per heavy atom. The molecule has 2 aliphatic rings. The van der Waals surface area contributed by atoms with Crippen molar-refractivity contribution < 1.29 is 14.5 Å². The third-order valence-electron chi connectivity index (χ3n) is 5.61. The van der Waals surface area contributed by atoms with Gasteiger partial charge in [0.05, 0.1) is 13.2 Å². The predicted octanol–water partition coefficient (Wildman–Crippen LogP) is 3.54. The number of nitrogens with zero attached hydrogens (tertiary/aromatic N) is 2. The van der Waals surface area contributed by atoms with E-state index in [0.717, 1.165) is 51.1 Å². The summed E-state index contributed by atoms with van der Waals surface area (Å²) in [6.07, 6.45) is 6.55. The van der Waals surface area contributed by atoms with E-state index in [9.17, 15) is 4.79 Å². The summed E-state index contributed by atoms with van der Waals surface area (Å²) in [6, 6.07) is 8.20. The van der Waals surface area contributed by atoms with Crippen molar-refractivity contribution in [2.24, 2.45) is 0 Å². The van der Waals surface area contributed by atoms with Gasteiger partial charge in [-0.15, -0.1) is 0 Å². The fourth-order valence-corrected chi connectivity index (χ4v) is 4.14. The molecule has 0 radical (unpaired) electrons. The second-order valence-electron chi connectivity index (χ2n) is 8.85. The molecule has 3 rings (SSSR count). The van der Waals surface area contributed by atoms with Crippen LogP contribution >= 0.6 is 0 Å². The van der Waals surface area contributed by atoms with Crippen LogP contribution in [0.4, 0.5) is 5.69 Å². The number of hydroxylamine groups is 3. The number of nitrogens with one attached hydrogen (secondary N) is 1. The first-order valence-electron chi connectivity index (χ1n) is 10.2.